The van der Waals surface area contributed by atoms with Crippen molar-refractivity contribution in [1.29, 1.82) is 0 Å². The Balaban J connectivity index is 2.45. The molecule has 2 rings (SSSR count). The van der Waals surface area contributed by atoms with E-state index in [0.29, 0.717) is 10.6 Å². The van der Waals surface area contributed by atoms with Crippen LogP contribution >= 0.6 is 11.6 Å². The minimum absolute atomic E-state index is 0.264. The van der Waals surface area contributed by atoms with Crippen LogP contribution in [0.3, 0.4) is 0 Å². The van der Waals surface area contributed by atoms with Crippen LogP contribution in [-0.2, 0) is 5.41 Å². The molecule has 0 saturated heterocycles. The Kier molecular flexibility index (Phi) is 4.64. The molecule has 112 valence electrons. The van der Waals surface area contributed by atoms with Crippen molar-refractivity contribution in [2.45, 2.75) is 25.3 Å². The Hall–Kier alpha value is -1.45. The van der Waals surface area contributed by atoms with E-state index in [9.17, 15) is 8.78 Å². The average Bonchev–Trinajstić information content (AvgIpc) is 2.42. The standard InChI is InChI=1S/C17H18ClF2N/c1-17(2,11-4-7-13(19)8-5-11)16(21-3)14-9-6-12(18)10-15(14)20/h4-10,16,21H,1-3H3. The molecular formula is C17H18ClF2N. The van der Waals surface area contributed by atoms with Crippen LogP contribution < -0.4 is 5.32 Å². The highest BCUT2D eigenvalue weighted by Crippen LogP contribution is 2.38. The zero-order chi connectivity index (χ0) is 15.6. The van der Waals surface area contributed by atoms with E-state index < -0.39 is 5.41 Å². The van der Waals surface area contributed by atoms with Gasteiger partial charge in [0.15, 0.2) is 0 Å². The second-order valence-electron chi connectivity index (χ2n) is 5.62. The maximum atomic E-state index is 14.2. The van der Waals surface area contributed by atoms with Crippen LogP contribution in [0, 0.1) is 11.6 Å². The lowest BCUT2D eigenvalue weighted by molar-refractivity contribution is 0.357. The summed E-state index contributed by atoms with van der Waals surface area (Å²) in [7, 11) is 1.78. The number of halogens is 3. The molecule has 1 unspecified atom stereocenters. The van der Waals surface area contributed by atoms with Crippen molar-refractivity contribution in [3.05, 3.63) is 70.2 Å². The van der Waals surface area contributed by atoms with E-state index in [2.05, 4.69) is 5.32 Å². The van der Waals surface area contributed by atoms with Gasteiger partial charge in [-0.15, -0.1) is 0 Å². The maximum absolute atomic E-state index is 14.2. The zero-order valence-electron chi connectivity index (χ0n) is 12.3. The lowest BCUT2D eigenvalue weighted by atomic mass is 9.75. The predicted octanol–water partition coefficient (Wildman–Crippen LogP) is 4.86. The molecule has 2 aromatic rings. The molecule has 0 radical (unpaired) electrons. The van der Waals surface area contributed by atoms with Crippen LogP contribution in [0.1, 0.15) is 31.0 Å². The smallest absolute Gasteiger partial charge is 0.129 e. The molecule has 0 aliphatic heterocycles. The molecule has 0 saturated carbocycles. The molecule has 2 aromatic carbocycles. The molecule has 0 amide bonds. The largest absolute Gasteiger partial charge is 0.312 e. The average molecular weight is 310 g/mol. The topological polar surface area (TPSA) is 12.0 Å². The number of hydrogen-bond donors (Lipinski definition) is 1. The molecule has 1 N–H and O–H groups in total. The molecule has 0 bridgehead atoms. The van der Waals surface area contributed by atoms with E-state index >= 15 is 0 Å². The van der Waals surface area contributed by atoms with E-state index in [0.717, 1.165) is 5.56 Å². The fourth-order valence-corrected chi connectivity index (χ4v) is 2.85. The van der Waals surface area contributed by atoms with Crippen molar-refractivity contribution in [3.8, 4) is 0 Å². The third-order valence-electron chi connectivity index (χ3n) is 3.87. The highest BCUT2D eigenvalue weighted by molar-refractivity contribution is 6.30. The summed E-state index contributed by atoms with van der Waals surface area (Å²) < 4.78 is 27.3. The van der Waals surface area contributed by atoms with E-state index in [1.165, 1.54) is 18.2 Å². The van der Waals surface area contributed by atoms with Crippen molar-refractivity contribution >= 4 is 11.6 Å². The van der Waals surface area contributed by atoms with E-state index in [-0.39, 0.29) is 17.7 Å². The SMILES string of the molecule is CNC(c1ccc(Cl)cc1F)C(C)(C)c1ccc(F)cc1. The van der Waals surface area contributed by atoms with Crippen LogP contribution in [-0.4, -0.2) is 7.05 Å². The first-order valence-electron chi connectivity index (χ1n) is 6.74. The Labute approximate surface area is 128 Å². The lowest BCUT2D eigenvalue weighted by Crippen LogP contribution is -2.36. The van der Waals surface area contributed by atoms with E-state index in [4.69, 9.17) is 11.6 Å². The van der Waals surface area contributed by atoms with Gasteiger partial charge >= 0.3 is 0 Å². The lowest BCUT2D eigenvalue weighted by Gasteiger charge is -2.35. The molecule has 0 aliphatic carbocycles. The fraction of sp³-hybridized carbons (Fsp3) is 0.294. The molecule has 0 spiro atoms. The Morgan fingerprint density at radius 3 is 2.19 bits per heavy atom. The third-order valence-corrected chi connectivity index (χ3v) is 4.11. The summed E-state index contributed by atoms with van der Waals surface area (Å²) in [6.45, 7) is 3.99. The number of benzene rings is 2. The molecule has 1 atom stereocenters. The van der Waals surface area contributed by atoms with E-state index in [1.807, 2.05) is 13.8 Å². The monoisotopic (exact) mass is 309 g/mol. The normalized spacial score (nSPS) is 13.2. The van der Waals surface area contributed by atoms with Crippen molar-refractivity contribution in [2.75, 3.05) is 7.05 Å². The molecule has 0 fully saturated rings. The van der Waals surface area contributed by atoms with Crippen LogP contribution in [0.25, 0.3) is 0 Å². The summed E-state index contributed by atoms with van der Waals surface area (Å²) in [5.74, 6) is -0.634. The summed E-state index contributed by atoms with van der Waals surface area (Å²) >= 11 is 5.81. The van der Waals surface area contributed by atoms with Gasteiger partial charge in [-0.3, -0.25) is 0 Å². The van der Waals surface area contributed by atoms with Gasteiger partial charge in [0.05, 0.1) is 0 Å². The Morgan fingerprint density at radius 1 is 1.05 bits per heavy atom. The summed E-state index contributed by atoms with van der Waals surface area (Å²) in [6.07, 6.45) is 0. The molecule has 21 heavy (non-hydrogen) atoms. The predicted molar refractivity (Wildman–Crippen MR) is 82.6 cm³/mol. The maximum Gasteiger partial charge on any atom is 0.129 e. The second-order valence-corrected chi connectivity index (χ2v) is 6.05. The van der Waals surface area contributed by atoms with Gasteiger partial charge in [-0.05, 0) is 36.9 Å². The minimum atomic E-state index is -0.420. The molecule has 0 heterocycles. The molecule has 1 nitrogen and oxygen atoms in total. The molecule has 0 aliphatic rings. The second kappa shape index (κ2) is 6.12. The third kappa shape index (κ3) is 3.25. The number of hydrogen-bond acceptors (Lipinski definition) is 1. The van der Waals surface area contributed by atoms with Crippen molar-refractivity contribution < 1.29 is 8.78 Å². The summed E-state index contributed by atoms with van der Waals surface area (Å²) in [5, 5.41) is 3.52. The summed E-state index contributed by atoms with van der Waals surface area (Å²) in [4.78, 5) is 0. The number of nitrogens with one attached hydrogen (secondary N) is 1. The van der Waals surface area contributed by atoms with Gasteiger partial charge in [-0.2, -0.15) is 0 Å². The fourth-order valence-electron chi connectivity index (χ4n) is 2.69. The van der Waals surface area contributed by atoms with E-state index in [1.54, 1.807) is 31.3 Å². The van der Waals surface area contributed by atoms with Crippen molar-refractivity contribution in [2.24, 2.45) is 0 Å². The minimum Gasteiger partial charge on any atom is -0.312 e. The first-order chi connectivity index (χ1) is 9.86. The quantitative estimate of drug-likeness (QED) is 0.850. The van der Waals surface area contributed by atoms with Gasteiger partial charge in [-0.25, -0.2) is 8.78 Å². The Bertz CT molecular complexity index is 623. The first kappa shape index (κ1) is 15.9. The van der Waals surface area contributed by atoms with Gasteiger partial charge in [0.25, 0.3) is 0 Å². The number of likely N-dealkylation sites (N-methyl/N-ethyl adjacent to an activating group) is 1. The van der Waals surface area contributed by atoms with Gasteiger partial charge in [0.1, 0.15) is 11.6 Å². The zero-order valence-corrected chi connectivity index (χ0v) is 13.0. The first-order valence-corrected chi connectivity index (χ1v) is 7.12. The summed E-state index contributed by atoms with van der Waals surface area (Å²) in [6, 6.07) is 10.7. The molecule has 0 aromatic heterocycles. The Morgan fingerprint density at radius 2 is 1.67 bits per heavy atom. The van der Waals surface area contributed by atoms with Crippen LogP contribution in [0.5, 0.6) is 0 Å². The van der Waals surface area contributed by atoms with Gasteiger partial charge in [-0.1, -0.05) is 43.6 Å². The molecular weight excluding hydrogens is 292 g/mol. The van der Waals surface area contributed by atoms with Crippen LogP contribution in [0.4, 0.5) is 8.78 Å². The highest BCUT2D eigenvalue weighted by Gasteiger charge is 2.33. The number of rotatable bonds is 4. The van der Waals surface area contributed by atoms with Crippen molar-refractivity contribution in [1.82, 2.24) is 5.32 Å². The van der Waals surface area contributed by atoms with Crippen LogP contribution in [0.2, 0.25) is 5.02 Å². The summed E-state index contributed by atoms with van der Waals surface area (Å²) in [5.41, 5.74) is 1.05. The highest BCUT2D eigenvalue weighted by atomic mass is 35.5. The van der Waals surface area contributed by atoms with Crippen molar-refractivity contribution in [3.63, 3.8) is 0 Å². The van der Waals surface area contributed by atoms with Gasteiger partial charge in [0, 0.05) is 22.0 Å². The van der Waals surface area contributed by atoms with Gasteiger partial charge in [0.2, 0.25) is 0 Å². The van der Waals surface area contributed by atoms with Crippen LogP contribution in [0.15, 0.2) is 42.5 Å². The van der Waals surface area contributed by atoms with Gasteiger partial charge < -0.3 is 5.32 Å². The molecule has 4 heteroatoms.